The van der Waals surface area contributed by atoms with Gasteiger partial charge in [0.15, 0.2) is 0 Å². The van der Waals surface area contributed by atoms with Crippen LogP contribution in [0.25, 0.3) is 0 Å². The molecule has 2 aromatic carbocycles. The Hall–Kier alpha value is -2.42. The third-order valence-corrected chi connectivity index (χ3v) is 6.13. The van der Waals surface area contributed by atoms with E-state index >= 15 is 0 Å². The molecule has 32 heavy (non-hydrogen) atoms. The minimum Gasteiger partial charge on any atom is -0.372 e. The van der Waals surface area contributed by atoms with Crippen LogP contribution in [0.15, 0.2) is 54.6 Å². The second kappa shape index (κ2) is 9.60. The third-order valence-electron chi connectivity index (χ3n) is 6.13. The van der Waals surface area contributed by atoms with E-state index in [-0.39, 0.29) is 29.8 Å². The standard InChI is InChI=1S/C24H27F3N2O3/c25-24(26,27)19-8-4-9-20(14-19)28-22(30)16-29-12-11-23(10-5-13-32-23)21(15-29)31-17-18-6-2-1-3-7-18/h1-4,6-9,14,21H,5,10-13,15-17H2,(H,28,30)/t21-,23-/m1/s1. The zero-order valence-electron chi connectivity index (χ0n) is 17.7. The normalized spacial score (nSPS) is 24.0. The molecule has 2 fully saturated rings. The fraction of sp³-hybridized carbons (Fsp3) is 0.458. The summed E-state index contributed by atoms with van der Waals surface area (Å²) in [6.07, 6.45) is -1.96. The van der Waals surface area contributed by atoms with E-state index in [1.807, 2.05) is 35.2 Å². The second-order valence-electron chi connectivity index (χ2n) is 8.41. The van der Waals surface area contributed by atoms with Gasteiger partial charge in [-0.1, -0.05) is 36.4 Å². The molecule has 0 aliphatic carbocycles. The average Bonchev–Trinajstić information content (AvgIpc) is 3.24. The summed E-state index contributed by atoms with van der Waals surface area (Å²) < 4.78 is 51.1. The number of amides is 1. The smallest absolute Gasteiger partial charge is 0.372 e. The van der Waals surface area contributed by atoms with Crippen LogP contribution in [-0.2, 0) is 27.1 Å². The lowest BCUT2D eigenvalue weighted by molar-refractivity contribution is -0.159. The van der Waals surface area contributed by atoms with Gasteiger partial charge in [0.2, 0.25) is 5.91 Å². The number of nitrogens with one attached hydrogen (secondary N) is 1. The molecule has 2 aliphatic heterocycles. The molecule has 2 atom stereocenters. The van der Waals surface area contributed by atoms with Gasteiger partial charge in [-0.15, -0.1) is 0 Å². The average molecular weight is 448 g/mol. The highest BCUT2D eigenvalue weighted by atomic mass is 19.4. The van der Waals surface area contributed by atoms with Crippen molar-refractivity contribution in [3.05, 3.63) is 65.7 Å². The Morgan fingerprint density at radius 1 is 1.16 bits per heavy atom. The van der Waals surface area contributed by atoms with Crippen LogP contribution in [0.5, 0.6) is 0 Å². The summed E-state index contributed by atoms with van der Waals surface area (Å²) in [7, 11) is 0. The van der Waals surface area contributed by atoms with E-state index in [1.165, 1.54) is 12.1 Å². The molecule has 8 heteroatoms. The maximum Gasteiger partial charge on any atom is 0.416 e. The van der Waals surface area contributed by atoms with Crippen molar-refractivity contribution in [2.45, 2.75) is 43.8 Å². The Balaban J connectivity index is 1.37. The van der Waals surface area contributed by atoms with Crippen molar-refractivity contribution in [2.75, 3.05) is 31.6 Å². The fourth-order valence-corrected chi connectivity index (χ4v) is 4.47. The first-order valence-electron chi connectivity index (χ1n) is 10.8. The molecule has 0 unspecified atom stereocenters. The van der Waals surface area contributed by atoms with Crippen LogP contribution in [0.2, 0.25) is 0 Å². The Morgan fingerprint density at radius 3 is 2.69 bits per heavy atom. The van der Waals surface area contributed by atoms with Crippen LogP contribution in [0.3, 0.4) is 0 Å². The maximum absolute atomic E-state index is 12.9. The number of carbonyl (C=O) groups excluding carboxylic acids is 1. The minimum absolute atomic E-state index is 0.0809. The van der Waals surface area contributed by atoms with Gasteiger partial charge in [-0.2, -0.15) is 13.2 Å². The Morgan fingerprint density at radius 2 is 1.97 bits per heavy atom. The molecule has 0 radical (unpaired) electrons. The first kappa shape index (κ1) is 22.8. The van der Waals surface area contributed by atoms with E-state index in [4.69, 9.17) is 9.47 Å². The number of anilines is 1. The van der Waals surface area contributed by atoms with Crippen LogP contribution in [-0.4, -0.2) is 48.8 Å². The molecule has 0 saturated carbocycles. The molecule has 1 N–H and O–H groups in total. The molecule has 2 aromatic rings. The largest absolute Gasteiger partial charge is 0.416 e. The van der Waals surface area contributed by atoms with Gasteiger partial charge in [0.05, 0.1) is 30.4 Å². The molecule has 2 aliphatic rings. The SMILES string of the molecule is O=C(CN1CC[C@]2(CCCO2)[C@H](OCc2ccccc2)C1)Nc1cccc(C(F)(F)F)c1. The van der Waals surface area contributed by atoms with Crippen LogP contribution in [0.1, 0.15) is 30.4 Å². The molecular weight excluding hydrogens is 421 g/mol. The molecule has 0 aromatic heterocycles. The summed E-state index contributed by atoms with van der Waals surface area (Å²) in [5, 5.41) is 2.58. The highest BCUT2D eigenvalue weighted by molar-refractivity contribution is 5.92. The van der Waals surface area contributed by atoms with Gasteiger partial charge >= 0.3 is 6.18 Å². The van der Waals surface area contributed by atoms with Gasteiger partial charge in [-0.05, 0) is 43.0 Å². The maximum atomic E-state index is 12.9. The first-order valence-corrected chi connectivity index (χ1v) is 10.8. The quantitative estimate of drug-likeness (QED) is 0.708. The first-order chi connectivity index (χ1) is 15.3. The van der Waals surface area contributed by atoms with Crippen molar-refractivity contribution in [1.29, 1.82) is 0 Å². The van der Waals surface area contributed by atoms with Crippen molar-refractivity contribution < 1.29 is 27.4 Å². The monoisotopic (exact) mass is 448 g/mol. The number of nitrogens with zero attached hydrogens (tertiary/aromatic N) is 1. The van der Waals surface area contributed by atoms with Gasteiger partial charge in [0, 0.05) is 25.4 Å². The molecule has 1 amide bonds. The van der Waals surface area contributed by atoms with E-state index in [9.17, 15) is 18.0 Å². The van der Waals surface area contributed by atoms with Gasteiger partial charge in [-0.3, -0.25) is 9.69 Å². The number of piperidine rings is 1. The van der Waals surface area contributed by atoms with Crippen LogP contribution in [0.4, 0.5) is 18.9 Å². The van der Waals surface area contributed by atoms with Crippen molar-refractivity contribution in [3.8, 4) is 0 Å². The lowest BCUT2D eigenvalue weighted by atomic mass is 9.85. The predicted molar refractivity (Wildman–Crippen MR) is 114 cm³/mol. The number of hydrogen-bond acceptors (Lipinski definition) is 4. The van der Waals surface area contributed by atoms with Crippen molar-refractivity contribution in [1.82, 2.24) is 4.90 Å². The molecule has 4 rings (SSSR count). The summed E-state index contributed by atoms with van der Waals surface area (Å²) in [5.74, 6) is -0.352. The molecule has 1 spiro atoms. The summed E-state index contributed by atoms with van der Waals surface area (Å²) in [5.41, 5.74) is 0.0836. The Kier molecular flexibility index (Phi) is 6.83. The number of benzene rings is 2. The highest BCUT2D eigenvalue weighted by Crippen LogP contribution is 2.38. The number of ether oxygens (including phenoxy) is 2. The summed E-state index contributed by atoms with van der Waals surface area (Å²) >= 11 is 0. The number of hydrogen-bond donors (Lipinski definition) is 1. The Bertz CT molecular complexity index is 914. The van der Waals surface area contributed by atoms with E-state index < -0.39 is 11.7 Å². The zero-order valence-corrected chi connectivity index (χ0v) is 17.7. The van der Waals surface area contributed by atoms with Crippen molar-refractivity contribution in [2.24, 2.45) is 0 Å². The number of likely N-dealkylation sites (tertiary alicyclic amines) is 1. The summed E-state index contributed by atoms with van der Waals surface area (Å²) in [6, 6.07) is 14.6. The van der Waals surface area contributed by atoms with Gasteiger partial charge in [-0.25, -0.2) is 0 Å². The molecular formula is C24H27F3N2O3. The number of carbonyl (C=O) groups is 1. The van der Waals surface area contributed by atoms with E-state index in [0.717, 1.165) is 37.0 Å². The molecule has 2 heterocycles. The summed E-state index contributed by atoms with van der Waals surface area (Å²) in [4.78, 5) is 14.5. The Labute approximate surface area is 185 Å². The molecule has 2 saturated heterocycles. The van der Waals surface area contributed by atoms with E-state index in [1.54, 1.807) is 0 Å². The highest BCUT2D eigenvalue weighted by Gasteiger charge is 2.47. The van der Waals surface area contributed by atoms with Gasteiger partial charge < -0.3 is 14.8 Å². The van der Waals surface area contributed by atoms with Crippen molar-refractivity contribution in [3.63, 3.8) is 0 Å². The van der Waals surface area contributed by atoms with Crippen LogP contribution in [0, 0.1) is 0 Å². The van der Waals surface area contributed by atoms with E-state index in [0.29, 0.717) is 26.3 Å². The number of halogens is 3. The third kappa shape index (κ3) is 5.49. The second-order valence-corrected chi connectivity index (χ2v) is 8.41. The number of rotatable bonds is 6. The van der Waals surface area contributed by atoms with Gasteiger partial charge in [0.1, 0.15) is 0 Å². The molecule has 0 bridgehead atoms. The molecule has 172 valence electrons. The molecule has 5 nitrogen and oxygen atoms in total. The minimum atomic E-state index is -4.45. The lowest BCUT2D eigenvalue weighted by Gasteiger charge is -2.44. The number of alkyl halides is 3. The summed E-state index contributed by atoms with van der Waals surface area (Å²) in [6.45, 7) is 2.45. The predicted octanol–water partition coefficient (Wildman–Crippen LogP) is 4.48. The fourth-order valence-electron chi connectivity index (χ4n) is 4.47. The zero-order chi connectivity index (χ0) is 22.6. The topological polar surface area (TPSA) is 50.8 Å². The van der Waals surface area contributed by atoms with Gasteiger partial charge in [0.25, 0.3) is 0 Å². The van der Waals surface area contributed by atoms with Crippen molar-refractivity contribution >= 4 is 11.6 Å². The van der Waals surface area contributed by atoms with E-state index in [2.05, 4.69) is 5.32 Å². The lowest BCUT2D eigenvalue weighted by Crippen LogP contribution is -2.57. The van der Waals surface area contributed by atoms with Crippen LogP contribution >= 0.6 is 0 Å². The van der Waals surface area contributed by atoms with Crippen LogP contribution < -0.4 is 5.32 Å².